The fourth-order valence-corrected chi connectivity index (χ4v) is 3.08. The van der Waals surface area contributed by atoms with Crippen molar-refractivity contribution in [2.24, 2.45) is 5.92 Å². The molecule has 1 N–H and O–H groups in total. The van der Waals surface area contributed by atoms with Crippen molar-refractivity contribution in [2.75, 3.05) is 7.11 Å². The zero-order valence-electron chi connectivity index (χ0n) is 11.7. The summed E-state index contributed by atoms with van der Waals surface area (Å²) in [5.74, 6) is 1.45. The Kier molecular flexibility index (Phi) is 3.96. The first-order valence-corrected chi connectivity index (χ1v) is 7.02. The minimum atomic E-state index is -0.638. The average Bonchev–Trinajstić information content (AvgIpc) is 2.73. The third-order valence-electron chi connectivity index (χ3n) is 4.41. The van der Waals surface area contributed by atoms with Crippen LogP contribution >= 0.6 is 0 Å². The van der Waals surface area contributed by atoms with Gasteiger partial charge in [0.2, 0.25) is 0 Å². The second-order valence-electron chi connectivity index (χ2n) is 5.44. The monoisotopic (exact) mass is 248 g/mol. The Hall–Kier alpha value is -1.02. The third-order valence-corrected chi connectivity index (χ3v) is 4.41. The van der Waals surface area contributed by atoms with Crippen molar-refractivity contribution in [1.82, 2.24) is 0 Å². The van der Waals surface area contributed by atoms with Crippen molar-refractivity contribution >= 4 is 0 Å². The van der Waals surface area contributed by atoms with Crippen molar-refractivity contribution in [2.45, 2.75) is 51.6 Å². The van der Waals surface area contributed by atoms with E-state index in [2.05, 4.69) is 19.9 Å². The predicted molar refractivity (Wildman–Crippen MR) is 73.9 cm³/mol. The zero-order chi connectivity index (χ0) is 13.2. The molecule has 0 bridgehead atoms. The van der Waals surface area contributed by atoms with E-state index >= 15 is 0 Å². The van der Waals surface area contributed by atoms with Gasteiger partial charge in [0.1, 0.15) is 5.75 Å². The smallest absolute Gasteiger partial charge is 0.119 e. The summed E-state index contributed by atoms with van der Waals surface area (Å²) in [7, 11) is 1.68. The quantitative estimate of drug-likeness (QED) is 0.861. The molecule has 2 rings (SSSR count). The molecule has 0 saturated carbocycles. The number of ether oxygens (including phenoxy) is 1. The van der Waals surface area contributed by atoms with Gasteiger partial charge >= 0.3 is 0 Å². The number of fused-ring (bicyclic) bond motifs is 1. The average molecular weight is 248 g/mol. The first-order valence-electron chi connectivity index (χ1n) is 7.02. The molecule has 1 aromatic rings. The van der Waals surface area contributed by atoms with Crippen molar-refractivity contribution in [3.63, 3.8) is 0 Å². The van der Waals surface area contributed by atoms with Crippen LogP contribution in [0.3, 0.4) is 0 Å². The standard InChI is InChI=1S/C16H24O2/c1-4-12(5-2)11-16(17)9-8-13-6-7-14(18-3)10-15(13)16/h6-7,10,12,17H,4-5,8-9,11H2,1-3H3. The molecule has 0 spiro atoms. The number of aryl methyl sites for hydroxylation is 1. The molecule has 0 saturated heterocycles. The molecule has 0 aromatic heterocycles. The van der Waals surface area contributed by atoms with Gasteiger partial charge in [0.15, 0.2) is 0 Å². The van der Waals surface area contributed by atoms with E-state index in [0.29, 0.717) is 5.92 Å². The molecule has 1 atom stereocenters. The SMILES string of the molecule is CCC(CC)CC1(O)CCc2ccc(OC)cc21. The minimum absolute atomic E-state index is 0.604. The summed E-state index contributed by atoms with van der Waals surface area (Å²) >= 11 is 0. The zero-order valence-corrected chi connectivity index (χ0v) is 11.7. The molecule has 18 heavy (non-hydrogen) atoms. The molecule has 1 unspecified atom stereocenters. The summed E-state index contributed by atoms with van der Waals surface area (Å²) in [6.45, 7) is 4.41. The van der Waals surface area contributed by atoms with E-state index < -0.39 is 5.60 Å². The molecule has 0 fully saturated rings. The highest BCUT2D eigenvalue weighted by Crippen LogP contribution is 2.43. The molecule has 0 aliphatic heterocycles. The largest absolute Gasteiger partial charge is 0.497 e. The van der Waals surface area contributed by atoms with Crippen LogP contribution in [0, 0.1) is 5.92 Å². The van der Waals surface area contributed by atoms with Crippen LogP contribution in [0.15, 0.2) is 18.2 Å². The molecule has 0 amide bonds. The molecule has 2 nitrogen and oxygen atoms in total. The van der Waals surface area contributed by atoms with Crippen LogP contribution in [-0.4, -0.2) is 12.2 Å². The molecule has 1 aliphatic rings. The summed E-state index contributed by atoms with van der Waals surface area (Å²) in [5.41, 5.74) is 1.73. The lowest BCUT2D eigenvalue weighted by Crippen LogP contribution is -2.25. The van der Waals surface area contributed by atoms with Gasteiger partial charge in [-0.05, 0) is 48.4 Å². The fourth-order valence-electron chi connectivity index (χ4n) is 3.08. The van der Waals surface area contributed by atoms with Crippen molar-refractivity contribution < 1.29 is 9.84 Å². The molecular weight excluding hydrogens is 224 g/mol. The van der Waals surface area contributed by atoms with Crippen LogP contribution in [-0.2, 0) is 12.0 Å². The van der Waals surface area contributed by atoms with Gasteiger partial charge in [-0.3, -0.25) is 0 Å². The number of aliphatic hydroxyl groups is 1. The second-order valence-corrected chi connectivity index (χ2v) is 5.44. The van der Waals surface area contributed by atoms with Gasteiger partial charge in [-0.1, -0.05) is 32.8 Å². The summed E-state index contributed by atoms with van der Waals surface area (Å²) in [4.78, 5) is 0. The highest BCUT2D eigenvalue weighted by molar-refractivity contribution is 5.42. The van der Waals surface area contributed by atoms with Crippen molar-refractivity contribution in [1.29, 1.82) is 0 Å². The van der Waals surface area contributed by atoms with Gasteiger partial charge in [0.25, 0.3) is 0 Å². The Balaban J connectivity index is 2.27. The Morgan fingerprint density at radius 3 is 2.67 bits per heavy atom. The van der Waals surface area contributed by atoms with Gasteiger partial charge < -0.3 is 9.84 Å². The fraction of sp³-hybridized carbons (Fsp3) is 0.625. The van der Waals surface area contributed by atoms with E-state index in [4.69, 9.17) is 4.74 Å². The van der Waals surface area contributed by atoms with Crippen LogP contribution in [0.4, 0.5) is 0 Å². The number of hydrogen-bond acceptors (Lipinski definition) is 2. The first-order chi connectivity index (χ1) is 8.62. The molecule has 0 heterocycles. The summed E-state index contributed by atoms with van der Waals surface area (Å²) < 4.78 is 5.28. The summed E-state index contributed by atoms with van der Waals surface area (Å²) in [6.07, 6.45) is 4.98. The van der Waals surface area contributed by atoms with E-state index in [-0.39, 0.29) is 0 Å². The second kappa shape index (κ2) is 5.31. The summed E-state index contributed by atoms with van der Waals surface area (Å²) in [6, 6.07) is 6.10. The van der Waals surface area contributed by atoms with Gasteiger partial charge in [0.05, 0.1) is 12.7 Å². The maximum Gasteiger partial charge on any atom is 0.119 e. The van der Waals surface area contributed by atoms with Gasteiger partial charge in [-0.2, -0.15) is 0 Å². The van der Waals surface area contributed by atoms with Gasteiger partial charge in [0, 0.05) is 0 Å². The van der Waals surface area contributed by atoms with Crippen LogP contribution in [0.1, 0.15) is 50.7 Å². The lowest BCUT2D eigenvalue weighted by molar-refractivity contribution is 0.0113. The molecule has 2 heteroatoms. The number of hydrogen-bond donors (Lipinski definition) is 1. The van der Waals surface area contributed by atoms with E-state index in [1.54, 1.807) is 7.11 Å². The van der Waals surface area contributed by atoms with Crippen LogP contribution in [0.2, 0.25) is 0 Å². The predicted octanol–water partition coefficient (Wildman–Crippen LogP) is 3.66. The lowest BCUT2D eigenvalue weighted by atomic mass is 9.83. The highest BCUT2D eigenvalue weighted by atomic mass is 16.5. The topological polar surface area (TPSA) is 29.5 Å². The molecule has 0 radical (unpaired) electrons. The van der Waals surface area contributed by atoms with Crippen molar-refractivity contribution in [3.8, 4) is 5.75 Å². The maximum atomic E-state index is 10.9. The van der Waals surface area contributed by atoms with E-state index in [1.165, 1.54) is 5.56 Å². The summed E-state index contributed by atoms with van der Waals surface area (Å²) in [5, 5.41) is 10.9. The number of methoxy groups -OCH3 is 1. The third kappa shape index (κ3) is 2.39. The maximum absolute atomic E-state index is 10.9. The first kappa shape index (κ1) is 13.4. The van der Waals surface area contributed by atoms with E-state index in [0.717, 1.165) is 43.4 Å². The Morgan fingerprint density at radius 1 is 1.33 bits per heavy atom. The van der Waals surface area contributed by atoms with Crippen LogP contribution in [0.5, 0.6) is 5.75 Å². The van der Waals surface area contributed by atoms with Crippen LogP contribution in [0.25, 0.3) is 0 Å². The molecule has 1 aromatic carbocycles. The normalized spacial score (nSPS) is 22.3. The number of rotatable bonds is 5. The lowest BCUT2D eigenvalue weighted by Gasteiger charge is -2.28. The van der Waals surface area contributed by atoms with E-state index in [9.17, 15) is 5.11 Å². The number of benzene rings is 1. The minimum Gasteiger partial charge on any atom is -0.497 e. The highest BCUT2D eigenvalue weighted by Gasteiger charge is 2.38. The molecular formula is C16H24O2. The van der Waals surface area contributed by atoms with E-state index in [1.807, 2.05) is 12.1 Å². The van der Waals surface area contributed by atoms with Gasteiger partial charge in [-0.15, -0.1) is 0 Å². The van der Waals surface area contributed by atoms with Gasteiger partial charge in [-0.25, -0.2) is 0 Å². The molecule has 100 valence electrons. The molecule has 1 aliphatic carbocycles. The Bertz CT molecular complexity index is 410. The Labute approximate surface area is 110 Å². The van der Waals surface area contributed by atoms with Crippen molar-refractivity contribution in [3.05, 3.63) is 29.3 Å². The van der Waals surface area contributed by atoms with Crippen LogP contribution < -0.4 is 4.74 Å². The Morgan fingerprint density at radius 2 is 2.06 bits per heavy atom.